The zero-order valence-corrected chi connectivity index (χ0v) is 7.03. The average molecular weight is 165 g/mol. The van der Waals surface area contributed by atoms with E-state index in [9.17, 15) is 4.79 Å². The van der Waals surface area contributed by atoms with Crippen molar-refractivity contribution in [3.63, 3.8) is 0 Å². The Balaban J connectivity index is 2.30. The summed E-state index contributed by atoms with van der Waals surface area (Å²) in [6.07, 6.45) is 3.34. The summed E-state index contributed by atoms with van der Waals surface area (Å²) in [5, 5.41) is 4.02. The fourth-order valence-corrected chi connectivity index (χ4v) is 1.52. The molecule has 12 heavy (non-hydrogen) atoms. The maximum atomic E-state index is 11.3. The third kappa shape index (κ3) is 0.995. The van der Waals surface area contributed by atoms with Gasteiger partial charge in [-0.2, -0.15) is 5.10 Å². The Hall–Kier alpha value is -1.32. The molecule has 0 atom stereocenters. The van der Waals surface area contributed by atoms with E-state index in [1.165, 1.54) is 0 Å². The van der Waals surface area contributed by atoms with Gasteiger partial charge in [0, 0.05) is 26.1 Å². The molecule has 1 saturated heterocycles. The molecule has 0 bridgehead atoms. The van der Waals surface area contributed by atoms with Crippen molar-refractivity contribution >= 4 is 11.7 Å². The van der Waals surface area contributed by atoms with Gasteiger partial charge in [-0.1, -0.05) is 0 Å². The van der Waals surface area contributed by atoms with Gasteiger partial charge in [0.15, 0.2) is 0 Å². The first-order chi connectivity index (χ1) is 5.79. The summed E-state index contributed by atoms with van der Waals surface area (Å²) < 4.78 is 1.73. The number of nitrogens with zero attached hydrogens (tertiary/aromatic N) is 3. The monoisotopic (exact) mass is 165 g/mol. The van der Waals surface area contributed by atoms with Crippen LogP contribution in [0.3, 0.4) is 0 Å². The normalized spacial score (nSPS) is 17.4. The van der Waals surface area contributed by atoms with Gasteiger partial charge in [0.25, 0.3) is 0 Å². The molecule has 1 aromatic heterocycles. The van der Waals surface area contributed by atoms with E-state index in [1.807, 2.05) is 13.1 Å². The molecule has 1 fully saturated rings. The van der Waals surface area contributed by atoms with Gasteiger partial charge in [-0.05, 0) is 6.42 Å². The van der Waals surface area contributed by atoms with Crippen LogP contribution in [-0.4, -0.2) is 22.2 Å². The minimum atomic E-state index is 0.207. The van der Waals surface area contributed by atoms with Gasteiger partial charge < -0.3 is 0 Å². The van der Waals surface area contributed by atoms with E-state index in [1.54, 1.807) is 15.8 Å². The number of rotatable bonds is 1. The van der Waals surface area contributed by atoms with Crippen LogP contribution in [0.1, 0.15) is 12.8 Å². The summed E-state index contributed by atoms with van der Waals surface area (Å²) in [5.41, 5.74) is 0. The quantitative estimate of drug-likeness (QED) is 0.609. The highest BCUT2D eigenvalue weighted by molar-refractivity contribution is 5.94. The number of carbonyl (C=O) groups excluding carboxylic acids is 1. The standard InChI is InChI=1S/C8H11N3O/c1-10-7(4-5-9-10)11-6-2-3-8(11)12/h4-5H,2-3,6H2,1H3. The Kier molecular flexibility index (Phi) is 1.60. The fraction of sp³-hybridized carbons (Fsp3) is 0.500. The fourth-order valence-electron chi connectivity index (χ4n) is 1.52. The summed E-state index contributed by atoms with van der Waals surface area (Å²) >= 11 is 0. The number of aryl methyl sites for hydroxylation is 1. The first-order valence-electron chi connectivity index (χ1n) is 4.07. The molecule has 0 unspecified atom stereocenters. The average Bonchev–Trinajstić information content (AvgIpc) is 2.59. The maximum absolute atomic E-state index is 11.3. The third-order valence-corrected chi connectivity index (χ3v) is 2.14. The van der Waals surface area contributed by atoms with Crippen molar-refractivity contribution in [2.24, 2.45) is 7.05 Å². The van der Waals surface area contributed by atoms with Crippen LogP contribution in [0.4, 0.5) is 5.82 Å². The Bertz CT molecular complexity index is 305. The maximum Gasteiger partial charge on any atom is 0.228 e. The van der Waals surface area contributed by atoms with Gasteiger partial charge in [0.2, 0.25) is 5.91 Å². The highest BCUT2D eigenvalue weighted by Crippen LogP contribution is 2.19. The molecule has 1 amide bonds. The number of aromatic nitrogens is 2. The topological polar surface area (TPSA) is 38.1 Å². The molecule has 0 saturated carbocycles. The van der Waals surface area contributed by atoms with E-state index in [0.29, 0.717) is 6.42 Å². The lowest BCUT2D eigenvalue weighted by Gasteiger charge is -2.14. The van der Waals surface area contributed by atoms with Crippen LogP contribution in [0.25, 0.3) is 0 Å². The van der Waals surface area contributed by atoms with Crippen molar-refractivity contribution in [3.8, 4) is 0 Å². The molecule has 0 spiro atoms. The van der Waals surface area contributed by atoms with Gasteiger partial charge in [0.1, 0.15) is 5.82 Å². The molecule has 1 aliphatic heterocycles. The minimum absolute atomic E-state index is 0.207. The van der Waals surface area contributed by atoms with E-state index in [0.717, 1.165) is 18.8 Å². The lowest BCUT2D eigenvalue weighted by molar-refractivity contribution is -0.117. The molecule has 0 radical (unpaired) electrons. The van der Waals surface area contributed by atoms with Crippen LogP contribution < -0.4 is 4.90 Å². The van der Waals surface area contributed by atoms with Crippen molar-refractivity contribution in [3.05, 3.63) is 12.3 Å². The Morgan fingerprint density at radius 2 is 2.42 bits per heavy atom. The van der Waals surface area contributed by atoms with Crippen molar-refractivity contribution in [1.82, 2.24) is 9.78 Å². The van der Waals surface area contributed by atoms with E-state index in [-0.39, 0.29) is 5.91 Å². The molecule has 0 aromatic carbocycles. The Labute approximate surface area is 70.8 Å². The molecule has 4 heteroatoms. The van der Waals surface area contributed by atoms with Crippen LogP contribution in [0.2, 0.25) is 0 Å². The molecule has 2 rings (SSSR count). The second-order valence-electron chi connectivity index (χ2n) is 2.96. The molecule has 4 nitrogen and oxygen atoms in total. The summed E-state index contributed by atoms with van der Waals surface area (Å²) in [5.74, 6) is 1.11. The molecule has 0 N–H and O–H groups in total. The first kappa shape index (κ1) is 7.34. The first-order valence-corrected chi connectivity index (χ1v) is 4.07. The predicted octanol–water partition coefficient (Wildman–Crippen LogP) is 0.547. The van der Waals surface area contributed by atoms with Crippen LogP contribution in [0, 0.1) is 0 Å². The number of carbonyl (C=O) groups is 1. The minimum Gasteiger partial charge on any atom is -0.297 e. The largest absolute Gasteiger partial charge is 0.297 e. The summed E-state index contributed by atoms with van der Waals surface area (Å²) in [6.45, 7) is 0.832. The van der Waals surface area contributed by atoms with E-state index in [4.69, 9.17) is 0 Å². The lowest BCUT2D eigenvalue weighted by Crippen LogP contribution is -2.25. The van der Waals surface area contributed by atoms with Crippen LogP contribution in [-0.2, 0) is 11.8 Å². The van der Waals surface area contributed by atoms with Crippen molar-refractivity contribution in [1.29, 1.82) is 0 Å². The van der Waals surface area contributed by atoms with E-state index >= 15 is 0 Å². The number of hydrogen-bond donors (Lipinski definition) is 0. The zero-order valence-electron chi connectivity index (χ0n) is 7.03. The second-order valence-corrected chi connectivity index (χ2v) is 2.96. The van der Waals surface area contributed by atoms with Crippen LogP contribution >= 0.6 is 0 Å². The number of hydrogen-bond acceptors (Lipinski definition) is 2. The van der Waals surface area contributed by atoms with Crippen LogP contribution in [0.15, 0.2) is 12.3 Å². The zero-order chi connectivity index (χ0) is 8.55. The van der Waals surface area contributed by atoms with Crippen molar-refractivity contribution in [2.75, 3.05) is 11.4 Å². The summed E-state index contributed by atoms with van der Waals surface area (Å²) in [6, 6.07) is 1.86. The van der Waals surface area contributed by atoms with Crippen LogP contribution in [0.5, 0.6) is 0 Å². The van der Waals surface area contributed by atoms with Crippen molar-refractivity contribution in [2.45, 2.75) is 12.8 Å². The van der Waals surface area contributed by atoms with Gasteiger partial charge in [-0.25, -0.2) is 0 Å². The summed E-state index contributed by atoms with van der Waals surface area (Å²) in [4.78, 5) is 13.1. The van der Waals surface area contributed by atoms with Gasteiger partial charge in [-0.3, -0.25) is 14.4 Å². The third-order valence-electron chi connectivity index (χ3n) is 2.14. The Morgan fingerprint density at radius 1 is 1.58 bits per heavy atom. The van der Waals surface area contributed by atoms with Gasteiger partial charge >= 0.3 is 0 Å². The number of amides is 1. The smallest absolute Gasteiger partial charge is 0.228 e. The molecule has 2 heterocycles. The molecular formula is C8H11N3O. The van der Waals surface area contributed by atoms with E-state index in [2.05, 4.69) is 5.10 Å². The second kappa shape index (κ2) is 2.62. The highest BCUT2D eigenvalue weighted by atomic mass is 16.2. The van der Waals surface area contributed by atoms with Crippen molar-refractivity contribution < 1.29 is 4.79 Å². The van der Waals surface area contributed by atoms with Gasteiger partial charge in [-0.15, -0.1) is 0 Å². The van der Waals surface area contributed by atoms with Gasteiger partial charge in [0.05, 0.1) is 6.20 Å². The molecule has 64 valence electrons. The molecular weight excluding hydrogens is 154 g/mol. The predicted molar refractivity (Wildman–Crippen MR) is 44.8 cm³/mol. The SMILES string of the molecule is Cn1nccc1N1CCCC1=O. The molecule has 0 aliphatic carbocycles. The number of anilines is 1. The lowest BCUT2D eigenvalue weighted by atomic mass is 10.4. The Morgan fingerprint density at radius 3 is 2.92 bits per heavy atom. The molecule has 1 aliphatic rings. The molecule has 1 aromatic rings. The summed E-state index contributed by atoms with van der Waals surface area (Å²) in [7, 11) is 1.85. The highest BCUT2D eigenvalue weighted by Gasteiger charge is 2.23. The van der Waals surface area contributed by atoms with E-state index < -0.39 is 0 Å².